The van der Waals surface area contributed by atoms with E-state index in [9.17, 15) is 14.9 Å². The molecule has 0 fully saturated rings. The lowest BCUT2D eigenvalue weighted by Crippen LogP contribution is -2.28. The molecule has 18 heavy (non-hydrogen) atoms. The average molecular weight is 252 g/mol. The number of carboxylic acids is 1. The van der Waals surface area contributed by atoms with Crippen LogP contribution in [-0.4, -0.2) is 22.0 Å². The molecule has 0 aliphatic carbocycles. The highest BCUT2D eigenvalue weighted by Gasteiger charge is 2.14. The predicted molar refractivity (Wildman–Crippen MR) is 66.4 cm³/mol. The summed E-state index contributed by atoms with van der Waals surface area (Å²) in [4.78, 5) is 20.8. The van der Waals surface area contributed by atoms with Crippen molar-refractivity contribution in [1.29, 1.82) is 0 Å². The first-order valence-corrected chi connectivity index (χ1v) is 5.60. The number of hydrogen-bond acceptors (Lipinski definition) is 4. The lowest BCUT2D eigenvalue weighted by Gasteiger charge is -2.12. The van der Waals surface area contributed by atoms with Crippen molar-refractivity contribution in [3.05, 3.63) is 39.4 Å². The minimum absolute atomic E-state index is 0.0218. The van der Waals surface area contributed by atoms with Gasteiger partial charge in [-0.25, -0.2) is 0 Å². The Morgan fingerprint density at radius 1 is 1.56 bits per heavy atom. The molecule has 98 valence electrons. The van der Waals surface area contributed by atoms with Crippen LogP contribution >= 0.6 is 0 Å². The van der Waals surface area contributed by atoms with Crippen LogP contribution in [0.5, 0.6) is 0 Å². The number of benzene rings is 1. The average Bonchev–Trinajstić information content (AvgIpc) is 2.26. The van der Waals surface area contributed by atoms with Crippen LogP contribution in [0.25, 0.3) is 0 Å². The number of rotatable bonds is 6. The Kier molecular flexibility index (Phi) is 4.79. The number of nitrogens with one attached hydrogen (secondary N) is 1. The van der Waals surface area contributed by atoms with Gasteiger partial charge in [0.25, 0.3) is 5.69 Å². The fraction of sp³-hybridized carbons (Fsp3) is 0.417. The summed E-state index contributed by atoms with van der Waals surface area (Å²) in [7, 11) is 0. The van der Waals surface area contributed by atoms with Gasteiger partial charge >= 0.3 is 5.97 Å². The number of nitro benzene ring substituents is 1. The van der Waals surface area contributed by atoms with Crippen LogP contribution in [-0.2, 0) is 11.3 Å². The predicted octanol–water partition coefficient (Wildman–Crippen LogP) is 1.86. The van der Waals surface area contributed by atoms with Crippen LogP contribution in [0.15, 0.2) is 18.2 Å². The summed E-state index contributed by atoms with van der Waals surface area (Å²) >= 11 is 0. The van der Waals surface area contributed by atoms with Crippen molar-refractivity contribution in [2.45, 2.75) is 32.9 Å². The largest absolute Gasteiger partial charge is 0.481 e. The lowest BCUT2D eigenvalue weighted by molar-refractivity contribution is -0.385. The Hall–Kier alpha value is -1.95. The molecule has 0 bridgehead atoms. The van der Waals surface area contributed by atoms with Gasteiger partial charge < -0.3 is 10.4 Å². The van der Waals surface area contributed by atoms with Crippen LogP contribution in [0.2, 0.25) is 0 Å². The molecule has 0 saturated carbocycles. The maximum absolute atomic E-state index is 10.8. The summed E-state index contributed by atoms with van der Waals surface area (Å²) < 4.78 is 0. The van der Waals surface area contributed by atoms with Gasteiger partial charge in [0, 0.05) is 24.2 Å². The van der Waals surface area contributed by atoms with Crippen molar-refractivity contribution >= 4 is 11.7 Å². The first-order valence-electron chi connectivity index (χ1n) is 5.60. The Labute approximate surface area is 105 Å². The van der Waals surface area contributed by atoms with Gasteiger partial charge in [-0.15, -0.1) is 0 Å². The summed E-state index contributed by atoms with van der Waals surface area (Å²) in [5.41, 5.74) is 1.50. The van der Waals surface area contributed by atoms with E-state index in [1.54, 1.807) is 26.0 Å². The molecule has 0 radical (unpaired) electrons. The summed E-state index contributed by atoms with van der Waals surface area (Å²) in [5.74, 6) is -0.870. The van der Waals surface area contributed by atoms with Crippen LogP contribution in [0.1, 0.15) is 24.5 Å². The zero-order chi connectivity index (χ0) is 13.7. The molecule has 6 nitrogen and oxygen atoms in total. The second kappa shape index (κ2) is 6.11. The molecule has 0 saturated heterocycles. The van der Waals surface area contributed by atoms with Crippen LogP contribution in [0, 0.1) is 17.0 Å². The van der Waals surface area contributed by atoms with Crippen molar-refractivity contribution in [2.75, 3.05) is 0 Å². The Morgan fingerprint density at radius 3 is 2.78 bits per heavy atom. The lowest BCUT2D eigenvalue weighted by atomic mass is 10.1. The molecule has 1 unspecified atom stereocenters. The Morgan fingerprint density at radius 2 is 2.22 bits per heavy atom. The smallest absolute Gasteiger partial charge is 0.304 e. The van der Waals surface area contributed by atoms with E-state index in [1.807, 2.05) is 0 Å². The molecule has 0 heterocycles. The number of carboxylic acid groups (broad SMARTS) is 1. The maximum atomic E-state index is 10.8. The summed E-state index contributed by atoms with van der Waals surface area (Å²) in [6.45, 7) is 3.87. The molecule has 0 amide bonds. The topological polar surface area (TPSA) is 92.5 Å². The van der Waals surface area contributed by atoms with Crippen molar-refractivity contribution in [2.24, 2.45) is 0 Å². The number of hydrogen-bond donors (Lipinski definition) is 2. The van der Waals surface area contributed by atoms with E-state index >= 15 is 0 Å². The van der Waals surface area contributed by atoms with Crippen molar-refractivity contribution < 1.29 is 14.8 Å². The van der Waals surface area contributed by atoms with Crippen LogP contribution in [0.4, 0.5) is 5.69 Å². The van der Waals surface area contributed by atoms with E-state index in [0.29, 0.717) is 12.1 Å². The van der Waals surface area contributed by atoms with E-state index < -0.39 is 10.9 Å². The van der Waals surface area contributed by atoms with Gasteiger partial charge in [0.2, 0.25) is 0 Å². The van der Waals surface area contributed by atoms with Gasteiger partial charge in [0.15, 0.2) is 0 Å². The van der Waals surface area contributed by atoms with Gasteiger partial charge in [0.1, 0.15) is 0 Å². The van der Waals surface area contributed by atoms with Crippen LogP contribution < -0.4 is 5.32 Å². The summed E-state index contributed by atoms with van der Waals surface area (Å²) in [6.07, 6.45) is 0.0218. The van der Waals surface area contributed by atoms with E-state index in [4.69, 9.17) is 5.11 Å². The first kappa shape index (κ1) is 14.1. The highest BCUT2D eigenvalue weighted by molar-refractivity contribution is 5.67. The highest BCUT2D eigenvalue weighted by atomic mass is 16.6. The second-order valence-electron chi connectivity index (χ2n) is 4.20. The summed E-state index contributed by atoms with van der Waals surface area (Å²) in [6, 6.07) is 4.70. The van der Waals surface area contributed by atoms with Gasteiger partial charge in [-0.2, -0.15) is 0 Å². The minimum Gasteiger partial charge on any atom is -0.481 e. The number of nitro groups is 1. The molecule has 0 aliphatic heterocycles. The van der Waals surface area contributed by atoms with E-state index in [1.165, 1.54) is 6.07 Å². The molecule has 6 heteroatoms. The summed E-state index contributed by atoms with van der Waals surface area (Å²) in [5, 5.41) is 22.4. The van der Waals surface area contributed by atoms with Crippen LogP contribution in [0.3, 0.4) is 0 Å². The number of aliphatic carboxylic acids is 1. The molecule has 1 rings (SSSR count). The molecule has 0 aliphatic rings. The minimum atomic E-state index is -0.870. The third-order valence-corrected chi connectivity index (χ3v) is 2.74. The monoisotopic (exact) mass is 252 g/mol. The molecule has 2 N–H and O–H groups in total. The quantitative estimate of drug-likeness (QED) is 0.595. The fourth-order valence-corrected chi connectivity index (χ4v) is 1.68. The second-order valence-corrected chi connectivity index (χ2v) is 4.20. The molecule has 0 aromatic heterocycles. The molecular weight excluding hydrogens is 236 g/mol. The van der Waals surface area contributed by atoms with Crippen molar-refractivity contribution in [3.63, 3.8) is 0 Å². The fourth-order valence-electron chi connectivity index (χ4n) is 1.68. The maximum Gasteiger partial charge on any atom is 0.304 e. The standard InChI is InChI=1S/C12H16N2O4/c1-8(6-12(15)16)13-7-10-4-3-5-11(9(10)2)14(17)18/h3-5,8,13H,6-7H2,1-2H3,(H,15,16). The number of carbonyl (C=O) groups is 1. The molecule has 1 atom stereocenters. The molecule has 0 spiro atoms. The zero-order valence-corrected chi connectivity index (χ0v) is 10.3. The molecular formula is C12H16N2O4. The zero-order valence-electron chi connectivity index (χ0n) is 10.3. The van der Waals surface area contributed by atoms with E-state index in [2.05, 4.69) is 5.32 Å². The third-order valence-electron chi connectivity index (χ3n) is 2.74. The molecule has 1 aromatic carbocycles. The van der Waals surface area contributed by atoms with E-state index in [-0.39, 0.29) is 18.2 Å². The number of nitrogens with zero attached hydrogens (tertiary/aromatic N) is 1. The van der Waals surface area contributed by atoms with Gasteiger partial charge in [-0.05, 0) is 19.4 Å². The Balaban J connectivity index is 2.71. The first-order chi connectivity index (χ1) is 8.41. The van der Waals surface area contributed by atoms with Gasteiger partial charge in [-0.1, -0.05) is 12.1 Å². The van der Waals surface area contributed by atoms with E-state index in [0.717, 1.165) is 5.56 Å². The van der Waals surface area contributed by atoms with Crippen molar-refractivity contribution in [3.8, 4) is 0 Å². The van der Waals surface area contributed by atoms with Crippen molar-refractivity contribution in [1.82, 2.24) is 5.32 Å². The SMILES string of the molecule is Cc1c(CNC(C)CC(=O)O)cccc1[N+](=O)[O-]. The third kappa shape index (κ3) is 3.81. The van der Waals surface area contributed by atoms with Gasteiger partial charge in [0.05, 0.1) is 11.3 Å². The highest BCUT2D eigenvalue weighted by Crippen LogP contribution is 2.20. The van der Waals surface area contributed by atoms with Gasteiger partial charge in [-0.3, -0.25) is 14.9 Å². The Bertz CT molecular complexity index is 459. The normalized spacial score (nSPS) is 12.1. The molecule has 1 aromatic rings.